The molecule has 3 rings (SSSR count). The van der Waals surface area contributed by atoms with Crippen LogP contribution in [-0.4, -0.2) is 26.0 Å². The summed E-state index contributed by atoms with van der Waals surface area (Å²) in [6.45, 7) is 1.87. The summed E-state index contributed by atoms with van der Waals surface area (Å²) in [6.07, 6.45) is 0.486. The molecule has 1 fully saturated rings. The molecule has 2 amide bonds. The molecule has 1 heterocycles. The maximum atomic E-state index is 12.7. The predicted molar refractivity (Wildman–Crippen MR) is 100 cm³/mol. The van der Waals surface area contributed by atoms with Crippen molar-refractivity contribution in [1.82, 2.24) is 0 Å². The van der Waals surface area contributed by atoms with Gasteiger partial charge in [-0.1, -0.05) is 23.7 Å². The van der Waals surface area contributed by atoms with Crippen molar-refractivity contribution >= 4 is 29.1 Å². The summed E-state index contributed by atoms with van der Waals surface area (Å²) in [5.41, 5.74) is 2.29. The van der Waals surface area contributed by atoms with Gasteiger partial charge in [0.25, 0.3) is 0 Å². The minimum absolute atomic E-state index is 0.188. The molecule has 2 aromatic rings. The van der Waals surface area contributed by atoms with Crippen LogP contribution in [0.4, 0.5) is 5.69 Å². The van der Waals surface area contributed by atoms with Crippen molar-refractivity contribution < 1.29 is 19.1 Å². The van der Waals surface area contributed by atoms with Crippen LogP contribution in [0.3, 0.4) is 0 Å². The van der Waals surface area contributed by atoms with Crippen LogP contribution in [0.15, 0.2) is 36.4 Å². The number of carbonyl (C=O) groups is 2. The van der Waals surface area contributed by atoms with Gasteiger partial charge >= 0.3 is 0 Å². The van der Waals surface area contributed by atoms with Crippen LogP contribution in [0.25, 0.3) is 0 Å². The highest BCUT2D eigenvalue weighted by atomic mass is 35.5. The van der Waals surface area contributed by atoms with Crippen LogP contribution in [-0.2, 0) is 9.59 Å². The highest BCUT2D eigenvalue weighted by Gasteiger charge is 2.34. The highest BCUT2D eigenvalue weighted by Crippen LogP contribution is 2.37. The van der Waals surface area contributed by atoms with Crippen molar-refractivity contribution in [1.29, 1.82) is 0 Å². The number of hydrogen-bond acceptors (Lipinski definition) is 4. The first-order valence-electron chi connectivity index (χ1n) is 8.28. The third kappa shape index (κ3) is 3.40. The van der Waals surface area contributed by atoms with E-state index in [2.05, 4.69) is 0 Å². The first-order valence-corrected chi connectivity index (χ1v) is 8.66. The van der Waals surface area contributed by atoms with Gasteiger partial charge in [0.2, 0.25) is 11.8 Å². The number of hydrogen-bond donors (Lipinski definition) is 0. The van der Waals surface area contributed by atoms with E-state index in [1.807, 2.05) is 19.1 Å². The van der Waals surface area contributed by atoms with E-state index >= 15 is 0 Å². The topological polar surface area (TPSA) is 55.8 Å². The summed E-state index contributed by atoms with van der Waals surface area (Å²) in [4.78, 5) is 26.6. The van der Waals surface area contributed by atoms with E-state index in [1.165, 1.54) is 4.90 Å². The number of ether oxygens (including phenoxy) is 2. The largest absolute Gasteiger partial charge is 0.493 e. The van der Waals surface area contributed by atoms with Crippen LogP contribution in [0.2, 0.25) is 5.02 Å². The number of benzene rings is 2. The van der Waals surface area contributed by atoms with Crippen molar-refractivity contribution in [3.8, 4) is 11.5 Å². The molecule has 136 valence electrons. The standard InChI is InChI=1S/C20H20ClNO4/c1-12-4-6-15(11-16(12)21)22-19(23)9-14(10-20(22)24)13-5-7-17(25-2)18(8-13)26-3/h4-8,11,14H,9-10H2,1-3H3. The second-order valence-corrected chi connectivity index (χ2v) is 6.68. The maximum absolute atomic E-state index is 12.7. The quantitative estimate of drug-likeness (QED) is 0.757. The minimum Gasteiger partial charge on any atom is -0.493 e. The number of aryl methyl sites for hydroxylation is 1. The summed E-state index contributed by atoms with van der Waals surface area (Å²) in [6, 6.07) is 10.7. The van der Waals surface area contributed by atoms with Crippen LogP contribution >= 0.6 is 11.6 Å². The Hall–Kier alpha value is -2.53. The van der Waals surface area contributed by atoms with Gasteiger partial charge in [-0.15, -0.1) is 0 Å². The lowest BCUT2D eigenvalue weighted by Crippen LogP contribution is -2.42. The second kappa shape index (κ2) is 7.38. The molecule has 0 radical (unpaired) electrons. The Bertz CT molecular complexity index is 847. The molecule has 0 atom stereocenters. The van der Waals surface area contributed by atoms with Gasteiger partial charge in [-0.2, -0.15) is 0 Å². The summed E-state index contributed by atoms with van der Waals surface area (Å²) in [5, 5.41) is 0.533. The second-order valence-electron chi connectivity index (χ2n) is 6.28. The van der Waals surface area contributed by atoms with Gasteiger partial charge in [0, 0.05) is 23.8 Å². The van der Waals surface area contributed by atoms with E-state index in [1.54, 1.807) is 38.5 Å². The molecule has 6 heteroatoms. The van der Waals surface area contributed by atoms with Gasteiger partial charge in [-0.3, -0.25) is 14.5 Å². The van der Waals surface area contributed by atoms with Crippen LogP contribution < -0.4 is 14.4 Å². The SMILES string of the molecule is COc1ccc(C2CC(=O)N(c3ccc(C)c(Cl)c3)C(=O)C2)cc1OC. The zero-order valence-corrected chi connectivity index (χ0v) is 15.7. The molecule has 0 aromatic heterocycles. The van der Waals surface area contributed by atoms with Crippen molar-refractivity contribution in [2.24, 2.45) is 0 Å². The molecule has 0 unspecified atom stereocenters. The van der Waals surface area contributed by atoms with E-state index in [4.69, 9.17) is 21.1 Å². The number of amides is 2. The predicted octanol–water partition coefficient (Wildman–Crippen LogP) is 4.10. The zero-order chi connectivity index (χ0) is 18.8. The Labute approximate surface area is 157 Å². The van der Waals surface area contributed by atoms with Crippen LogP contribution in [0, 0.1) is 6.92 Å². The Morgan fingerprint density at radius 1 is 0.962 bits per heavy atom. The van der Waals surface area contributed by atoms with Crippen molar-refractivity contribution in [2.75, 3.05) is 19.1 Å². The van der Waals surface area contributed by atoms with E-state index < -0.39 is 0 Å². The van der Waals surface area contributed by atoms with Gasteiger partial charge in [0.05, 0.1) is 19.9 Å². The molecule has 0 saturated carbocycles. The zero-order valence-electron chi connectivity index (χ0n) is 14.9. The van der Waals surface area contributed by atoms with Gasteiger partial charge < -0.3 is 9.47 Å². The molecule has 1 aliphatic heterocycles. The van der Waals surface area contributed by atoms with Crippen LogP contribution in [0.1, 0.15) is 29.9 Å². The molecule has 0 spiro atoms. The van der Waals surface area contributed by atoms with Crippen molar-refractivity contribution in [2.45, 2.75) is 25.7 Å². The van der Waals surface area contributed by atoms with Crippen LogP contribution in [0.5, 0.6) is 11.5 Å². The van der Waals surface area contributed by atoms with E-state index in [-0.39, 0.29) is 30.6 Å². The lowest BCUT2D eigenvalue weighted by molar-refractivity contribution is -0.129. The van der Waals surface area contributed by atoms with Crippen molar-refractivity contribution in [3.05, 3.63) is 52.5 Å². The number of methoxy groups -OCH3 is 2. The monoisotopic (exact) mass is 373 g/mol. The molecule has 1 aliphatic rings. The lowest BCUT2D eigenvalue weighted by atomic mass is 9.88. The van der Waals surface area contributed by atoms with Crippen molar-refractivity contribution in [3.63, 3.8) is 0 Å². The number of imide groups is 1. The lowest BCUT2D eigenvalue weighted by Gasteiger charge is -2.30. The molecular formula is C20H20ClNO4. The Morgan fingerprint density at radius 3 is 2.19 bits per heavy atom. The first-order chi connectivity index (χ1) is 12.4. The minimum atomic E-state index is -0.235. The number of anilines is 1. The number of carbonyl (C=O) groups excluding carboxylic acids is 2. The first kappa shape index (κ1) is 18.3. The van der Waals surface area contributed by atoms with Gasteiger partial charge in [-0.05, 0) is 42.3 Å². The highest BCUT2D eigenvalue weighted by molar-refractivity contribution is 6.32. The summed E-state index contributed by atoms with van der Waals surface area (Å²) >= 11 is 6.14. The average molecular weight is 374 g/mol. The molecule has 26 heavy (non-hydrogen) atoms. The molecule has 0 bridgehead atoms. The van der Waals surface area contributed by atoms with Gasteiger partial charge in [-0.25, -0.2) is 0 Å². The normalized spacial score (nSPS) is 15.3. The molecular weight excluding hydrogens is 354 g/mol. The molecule has 1 saturated heterocycles. The fraction of sp³-hybridized carbons (Fsp3) is 0.300. The van der Waals surface area contributed by atoms with E-state index in [0.717, 1.165) is 11.1 Å². The van der Waals surface area contributed by atoms with Gasteiger partial charge in [0.15, 0.2) is 11.5 Å². The average Bonchev–Trinajstić information content (AvgIpc) is 2.63. The summed E-state index contributed by atoms with van der Waals surface area (Å²) in [5.74, 6) is 0.534. The van der Waals surface area contributed by atoms with E-state index in [9.17, 15) is 9.59 Å². The third-order valence-electron chi connectivity index (χ3n) is 4.63. The Morgan fingerprint density at radius 2 is 1.62 bits per heavy atom. The van der Waals surface area contributed by atoms with Gasteiger partial charge in [0.1, 0.15) is 0 Å². The molecule has 5 nitrogen and oxygen atoms in total. The number of rotatable bonds is 4. The molecule has 0 aliphatic carbocycles. The summed E-state index contributed by atoms with van der Waals surface area (Å²) < 4.78 is 10.6. The smallest absolute Gasteiger partial charge is 0.234 e. The Kier molecular flexibility index (Phi) is 5.18. The fourth-order valence-electron chi connectivity index (χ4n) is 3.17. The summed E-state index contributed by atoms with van der Waals surface area (Å²) in [7, 11) is 3.12. The Balaban J connectivity index is 1.85. The molecule has 0 N–H and O–H groups in total. The molecule has 2 aromatic carbocycles. The number of piperidine rings is 1. The third-order valence-corrected chi connectivity index (χ3v) is 5.04. The fourth-order valence-corrected chi connectivity index (χ4v) is 3.34. The number of nitrogens with zero attached hydrogens (tertiary/aromatic N) is 1. The number of halogens is 1. The van der Waals surface area contributed by atoms with E-state index in [0.29, 0.717) is 22.2 Å². The maximum Gasteiger partial charge on any atom is 0.234 e.